The standard InChI is InChI=1S/C14H20BrNO/c1-5-11(6-2)14(17)16-12-7-9(3)13(15)10(4)8-12/h7-8,11H,5-6H2,1-4H3,(H,16,17). The first-order valence-corrected chi connectivity index (χ1v) is 6.86. The predicted molar refractivity (Wildman–Crippen MR) is 76.3 cm³/mol. The number of aryl methyl sites for hydroxylation is 2. The highest BCUT2D eigenvalue weighted by atomic mass is 79.9. The van der Waals surface area contributed by atoms with E-state index in [0.29, 0.717) is 0 Å². The van der Waals surface area contributed by atoms with Crippen molar-refractivity contribution in [1.82, 2.24) is 0 Å². The monoisotopic (exact) mass is 297 g/mol. The molecule has 0 atom stereocenters. The number of benzene rings is 1. The highest BCUT2D eigenvalue weighted by Crippen LogP contribution is 2.25. The van der Waals surface area contributed by atoms with Gasteiger partial charge in [-0.25, -0.2) is 0 Å². The zero-order valence-corrected chi connectivity index (χ0v) is 12.5. The van der Waals surface area contributed by atoms with E-state index >= 15 is 0 Å². The van der Waals surface area contributed by atoms with Gasteiger partial charge in [0.1, 0.15) is 0 Å². The van der Waals surface area contributed by atoms with E-state index in [-0.39, 0.29) is 11.8 Å². The molecule has 0 saturated heterocycles. The summed E-state index contributed by atoms with van der Waals surface area (Å²) in [5.41, 5.74) is 3.18. The molecule has 0 spiro atoms. The second-order valence-corrected chi connectivity index (χ2v) is 5.22. The Bertz CT molecular complexity index is 388. The average Bonchev–Trinajstić information content (AvgIpc) is 2.27. The Morgan fingerprint density at radius 2 is 1.71 bits per heavy atom. The average molecular weight is 298 g/mol. The van der Waals surface area contributed by atoms with Crippen molar-refractivity contribution in [2.24, 2.45) is 5.92 Å². The summed E-state index contributed by atoms with van der Waals surface area (Å²) in [6.45, 7) is 8.16. The molecular weight excluding hydrogens is 278 g/mol. The maximum atomic E-state index is 12.0. The summed E-state index contributed by atoms with van der Waals surface area (Å²) in [5, 5.41) is 2.99. The second-order valence-electron chi connectivity index (χ2n) is 4.43. The zero-order valence-electron chi connectivity index (χ0n) is 10.9. The van der Waals surface area contributed by atoms with Crippen LogP contribution in [0.15, 0.2) is 16.6 Å². The van der Waals surface area contributed by atoms with Crippen LogP contribution in [-0.2, 0) is 4.79 Å². The van der Waals surface area contributed by atoms with Crippen LogP contribution in [0.25, 0.3) is 0 Å². The normalized spacial score (nSPS) is 10.7. The van der Waals surface area contributed by atoms with E-state index in [1.165, 1.54) is 0 Å². The van der Waals surface area contributed by atoms with Crippen molar-refractivity contribution in [2.45, 2.75) is 40.5 Å². The van der Waals surface area contributed by atoms with Crippen LogP contribution in [0, 0.1) is 19.8 Å². The van der Waals surface area contributed by atoms with Crippen molar-refractivity contribution in [2.75, 3.05) is 5.32 Å². The van der Waals surface area contributed by atoms with Crippen LogP contribution in [0.1, 0.15) is 37.8 Å². The van der Waals surface area contributed by atoms with Gasteiger partial charge in [-0.3, -0.25) is 4.79 Å². The van der Waals surface area contributed by atoms with Crippen LogP contribution in [0.5, 0.6) is 0 Å². The molecule has 0 bridgehead atoms. The van der Waals surface area contributed by atoms with Gasteiger partial charge in [0.05, 0.1) is 0 Å². The molecule has 94 valence electrons. The number of halogens is 1. The van der Waals surface area contributed by atoms with Crippen LogP contribution in [-0.4, -0.2) is 5.91 Å². The Morgan fingerprint density at radius 3 is 2.12 bits per heavy atom. The van der Waals surface area contributed by atoms with Crippen LogP contribution in [0.4, 0.5) is 5.69 Å². The topological polar surface area (TPSA) is 29.1 Å². The number of carbonyl (C=O) groups excluding carboxylic acids is 1. The molecule has 0 saturated carbocycles. The lowest BCUT2D eigenvalue weighted by Gasteiger charge is -2.14. The minimum Gasteiger partial charge on any atom is -0.326 e. The Morgan fingerprint density at radius 1 is 1.24 bits per heavy atom. The number of anilines is 1. The Balaban J connectivity index is 2.85. The fourth-order valence-electron chi connectivity index (χ4n) is 1.92. The Labute approximate surface area is 112 Å². The second kappa shape index (κ2) is 6.20. The van der Waals surface area contributed by atoms with Crippen molar-refractivity contribution < 1.29 is 4.79 Å². The van der Waals surface area contributed by atoms with Crippen molar-refractivity contribution in [1.29, 1.82) is 0 Å². The number of hydrogen-bond acceptors (Lipinski definition) is 1. The fourth-order valence-corrected chi connectivity index (χ4v) is 2.15. The van der Waals surface area contributed by atoms with Gasteiger partial charge in [-0.15, -0.1) is 0 Å². The van der Waals surface area contributed by atoms with Gasteiger partial charge in [0, 0.05) is 16.1 Å². The summed E-state index contributed by atoms with van der Waals surface area (Å²) in [4.78, 5) is 12.0. The molecule has 0 aliphatic heterocycles. The van der Waals surface area contributed by atoms with Crippen LogP contribution in [0.3, 0.4) is 0 Å². The zero-order chi connectivity index (χ0) is 13.0. The molecule has 1 rings (SSSR count). The minimum absolute atomic E-state index is 0.110. The molecule has 1 aromatic rings. The summed E-state index contributed by atoms with van der Waals surface area (Å²) in [5.74, 6) is 0.232. The van der Waals surface area contributed by atoms with Gasteiger partial charge in [-0.1, -0.05) is 29.8 Å². The lowest BCUT2D eigenvalue weighted by Crippen LogP contribution is -2.21. The first kappa shape index (κ1) is 14.2. The number of nitrogens with one attached hydrogen (secondary N) is 1. The first-order valence-electron chi connectivity index (χ1n) is 6.07. The van der Waals surface area contributed by atoms with Crippen molar-refractivity contribution in [3.8, 4) is 0 Å². The first-order chi connectivity index (χ1) is 7.99. The maximum Gasteiger partial charge on any atom is 0.227 e. The van der Waals surface area contributed by atoms with E-state index < -0.39 is 0 Å². The molecule has 1 aromatic carbocycles. The van der Waals surface area contributed by atoms with Gasteiger partial charge in [-0.2, -0.15) is 0 Å². The van der Waals surface area contributed by atoms with E-state index in [1.54, 1.807) is 0 Å². The molecule has 2 nitrogen and oxygen atoms in total. The van der Waals surface area contributed by atoms with Crippen LogP contribution >= 0.6 is 15.9 Å². The lowest BCUT2D eigenvalue weighted by atomic mass is 10.0. The third-order valence-electron chi connectivity index (χ3n) is 3.06. The van der Waals surface area contributed by atoms with Crippen LogP contribution < -0.4 is 5.32 Å². The van der Waals surface area contributed by atoms with Gasteiger partial charge in [0.15, 0.2) is 0 Å². The molecule has 0 heterocycles. The fraction of sp³-hybridized carbons (Fsp3) is 0.500. The van der Waals surface area contributed by atoms with Gasteiger partial charge in [0.2, 0.25) is 5.91 Å². The molecule has 0 aliphatic rings. The van der Waals surface area contributed by atoms with Crippen molar-refractivity contribution in [3.05, 3.63) is 27.7 Å². The predicted octanol–water partition coefficient (Wildman–Crippen LogP) is 4.44. The van der Waals surface area contributed by atoms with E-state index in [1.807, 2.05) is 39.8 Å². The van der Waals surface area contributed by atoms with Gasteiger partial charge in [0.25, 0.3) is 0 Å². The van der Waals surface area contributed by atoms with Crippen molar-refractivity contribution >= 4 is 27.5 Å². The SMILES string of the molecule is CCC(CC)C(=O)Nc1cc(C)c(Br)c(C)c1. The summed E-state index contributed by atoms with van der Waals surface area (Å²) in [7, 11) is 0. The molecular formula is C14H20BrNO. The minimum atomic E-state index is 0.110. The molecule has 3 heteroatoms. The van der Waals surface area contributed by atoms with E-state index in [9.17, 15) is 4.79 Å². The molecule has 0 fully saturated rings. The summed E-state index contributed by atoms with van der Waals surface area (Å²) < 4.78 is 1.11. The number of amides is 1. The molecule has 1 amide bonds. The number of carbonyl (C=O) groups is 1. The number of rotatable bonds is 4. The molecule has 0 aromatic heterocycles. The largest absolute Gasteiger partial charge is 0.326 e. The molecule has 0 aliphatic carbocycles. The van der Waals surface area contributed by atoms with E-state index in [4.69, 9.17) is 0 Å². The molecule has 0 unspecified atom stereocenters. The van der Waals surface area contributed by atoms with Gasteiger partial charge in [-0.05, 0) is 49.9 Å². The highest BCUT2D eigenvalue weighted by molar-refractivity contribution is 9.10. The van der Waals surface area contributed by atoms with Gasteiger partial charge >= 0.3 is 0 Å². The third kappa shape index (κ3) is 3.56. The maximum absolute atomic E-state index is 12.0. The molecule has 0 radical (unpaired) electrons. The van der Waals surface area contributed by atoms with E-state index in [2.05, 4.69) is 21.2 Å². The summed E-state index contributed by atoms with van der Waals surface area (Å²) in [6, 6.07) is 3.99. The Kier molecular flexibility index (Phi) is 5.19. The number of hydrogen-bond donors (Lipinski definition) is 1. The summed E-state index contributed by atoms with van der Waals surface area (Å²) >= 11 is 3.52. The quantitative estimate of drug-likeness (QED) is 0.874. The van der Waals surface area contributed by atoms with E-state index in [0.717, 1.165) is 34.1 Å². The van der Waals surface area contributed by atoms with Crippen molar-refractivity contribution in [3.63, 3.8) is 0 Å². The lowest BCUT2D eigenvalue weighted by molar-refractivity contribution is -0.120. The summed E-state index contributed by atoms with van der Waals surface area (Å²) in [6.07, 6.45) is 1.77. The highest BCUT2D eigenvalue weighted by Gasteiger charge is 2.14. The molecule has 17 heavy (non-hydrogen) atoms. The Hall–Kier alpha value is -0.830. The smallest absolute Gasteiger partial charge is 0.227 e. The van der Waals surface area contributed by atoms with Gasteiger partial charge < -0.3 is 5.32 Å². The molecule has 1 N–H and O–H groups in total. The van der Waals surface area contributed by atoms with Crippen LogP contribution in [0.2, 0.25) is 0 Å². The third-order valence-corrected chi connectivity index (χ3v) is 4.31.